The first-order chi connectivity index (χ1) is 6.73. The normalized spacial score (nSPS) is 44.4. The molecule has 0 aromatic carbocycles. The van der Waals surface area contributed by atoms with E-state index in [1.165, 1.54) is 11.5 Å². The molecule has 2 saturated heterocycles. The van der Waals surface area contributed by atoms with Gasteiger partial charge in [0.15, 0.2) is 0 Å². The fourth-order valence-electron chi connectivity index (χ4n) is 2.97. The minimum atomic E-state index is 0.0619. The Labute approximate surface area is 92.5 Å². The van der Waals surface area contributed by atoms with E-state index in [4.69, 9.17) is 4.74 Å². The van der Waals surface area contributed by atoms with Gasteiger partial charge in [0, 0.05) is 17.4 Å². The van der Waals surface area contributed by atoms with Crippen LogP contribution in [0, 0.1) is 17.8 Å². The molecular weight excluding hydrogens is 216 g/mol. The van der Waals surface area contributed by atoms with E-state index in [1.807, 2.05) is 0 Å². The van der Waals surface area contributed by atoms with E-state index in [0.717, 1.165) is 6.42 Å². The number of hydrogen-bond acceptors (Lipinski definition) is 4. The minimum absolute atomic E-state index is 0.0619. The predicted octanol–water partition coefficient (Wildman–Crippen LogP) is 1.99. The van der Waals surface area contributed by atoms with Gasteiger partial charge in [-0.1, -0.05) is 6.92 Å². The summed E-state index contributed by atoms with van der Waals surface area (Å²) in [5, 5.41) is 0. The second-order valence-electron chi connectivity index (χ2n) is 4.40. The third-order valence-corrected chi connectivity index (χ3v) is 7.69. The van der Waals surface area contributed by atoms with Gasteiger partial charge in [-0.2, -0.15) is 0 Å². The molecule has 78 valence electrons. The van der Waals surface area contributed by atoms with Gasteiger partial charge < -0.3 is 4.74 Å². The summed E-state index contributed by atoms with van der Waals surface area (Å²) in [6.07, 6.45) is 1.05. The predicted molar refractivity (Wildman–Crippen MR) is 59.4 cm³/mol. The number of ether oxygens (including phenoxy) is 1. The smallest absolute Gasteiger partial charge is 0.309 e. The quantitative estimate of drug-likeness (QED) is 0.595. The van der Waals surface area contributed by atoms with E-state index in [0.29, 0.717) is 22.5 Å². The Morgan fingerprint density at radius 1 is 1.43 bits per heavy atom. The average Bonchev–Trinajstić information content (AvgIpc) is 2.82. The molecule has 0 bridgehead atoms. The Morgan fingerprint density at radius 3 is 2.79 bits per heavy atom. The third-order valence-electron chi connectivity index (χ3n) is 3.85. The summed E-state index contributed by atoms with van der Waals surface area (Å²) in [4.78, 5) is 11.5. The lowest BCUT2D eigenvalue weighted by molar-refractivity contribution is -0.141. The van der Waals surface area contributed by atoms with Gasteiger partial charge in [0.05, 0.1) is 16.6 Å². The molecule has 0 unspecified atom stereocenters. The number of esters is 1. The van der Waals surface area contributed by atoms with Crippen molar-refractivity contribution in [3.8, 4) is 0 Å². The van der Waals surface area contributed by atoms with Crippen molar-refractivity contribution in [3.63, 3.8) is 0 Å². The van der Waals surface area contributed by atoms with Gasteiger partial charge >= 0.3 is 5.97 Å². The van der Waals surface area contributed by atoms with E-state index in [9.17, 15) is 4.79 Å². The maximum atomic E-state index is 11.5. The highest BCUT2D eigenvalue weighted by atomic mass is 32.2. The van der Waals surface area contributed by atoms with Crippen LogP contribution in [0.4, 0.5) is 0 Å². The third kappa shape index (κ3) is 1.10. The van der Waals surface area contributed by atoms with Crippen molar-refractivity contribution < 1.29 is 9.53 Å². The largest absolute Gasteiger partial charge is 0.465 e. The first kappa shape index (κ1) is 9.40. The first-order valence-electron chi connectivity index (χ1n) is 5.17. The standard InChI is InChI=1S/C10H14O2S2/c1-6-8-5-12-9(11)7(8)4-10(6)13-2-3-14-10/h6-8H,2-5H2,1H3/t6-,7+,8-/m0/s1. The topological polar surface area (TPSA) is 26.3 Å². The van der Waals surface area contributed by atoms with E-state index in [2.05, 4.69) is 30.4 Å². The summed E-state index contributed by atoms with van der Waals surface area (Å²) in [6, 6.07) is 0. The zero-order chi connectivity index (χ0) is 9.76. The molecule has 1 spiro atoms. The van der Waals surface area contributed by atoms with Crippen LogP contribution in [0.3, 0.4) is 0 Å². The Bertz CT molecular complexity index is 273. The van der Waals surface area contributed by atoms with Gasteiger partial charge in [-0.3, -0.25) is 4.79 Å². The van der Waals surface area contributed by atoms with E-state index in [-0.39, 0.29) is 11.9 Å². The van der Waals surface area contributed by atoms with Crippen LogP contribution in [0.15, 0.2) is 0 Å². The second kappa shape index (κ2) is 3.08. The molecule has 0 aromatic heterocycles. The molecular formula is C10H14O2S2. The molecule has 3 aliphatic rings. The van der Waals surface area contributed by atoms with Crippen LogP contribution >= 0.6 is 23.5 Å². The number of fused-ring (bicyclic) bond motifs is 1. The fraction of sp³-hybridized carbons (Fsp3) is 0.900. The number of carbonyl (C=O) groups excluding carboxylic acids is 1. The lowest BCUT2D eigenvalue weighted by Crippen LogP contribution is -2.25. The minimum Gasteiger partial charge on any atom is -0.465 e. The van der Waals surface area contributed by atoms with Crippen LogP contribution in [-0.2, 0) is 9.53 Å². The number of cyclic esters (lactones) is 1. The number of hydrogen-bond donors (Lipinski definition) is 0. The SMILES string of the molecule is C[C@H]1[C@@H]2COC(=O)[C@@H]2CC12SCCS2. The number of thioether (sulfide) groups is 2. The van der Waals surface area contributed by atoms with Crippen molar-refractivity contribution in [3.05, 3.63) is 0 Å². The van der Waals surface area contributed by atoms with Crippen molar-refractivity contribution in [2.24, 2.45) is 17.8 Å². The molecule has 3 atom stereocenters. The maximum Gasteiger partial charge on any atom is 0.309 e. The summed E-state index contributed by atoms with van der Waals surface area (Å²) >= 11 is 4.15. The summed E-state index contributed by atoms with van der Waals surface area (Å²) in [5.74, 6) is 3.92. The molecule has 1 saturated carbocycles. The Morgan fingerprint density at radius 2 is 2.14 bits per heavy atom. The molecule has 0 N–H and O–H groups in total. The summed E-state index contributed by atoms with van der Waals surface area (Å²) < 4.78 is 5.49. The zero-order valence-electron chi connectivity index (χ0n) is 8.19. The van der Waals surface area contributed by atoms with Gasteiger partial charge in [-0.25, -0.2) is 0 Å². The van der Waals surface area contributed by atoms with Crippen LogP contribution in [-0.4, -0.2) is 28.2 Å². The van der Waals surface area contributed by atoms with Crippen LogP contribution in [0.5, 0.6) is 0 Å². The molecule has 1 aliphatic carbocycles. The molecule has 4 heteroatoms. The summed E-state index contributed by atoms with van der Waals surface area (Å²) in [6.45, 7) is 2.98. The van der Waals surface area contributed by atoms with Crippen LogP contribution in [0.2, 0.25) is 0 Å². The van der Waals surface area contributed by atoms with Gasteiger partial charge in [0.1, 0.15) is 0 Å². The Kier molecular flexibility index (Phi) is 2.07. The highest BCUT2D eigenvalue weighted by molar-refractivity contribution is 8.21. The van der Waals surface area contributed by atoms with Crippen LogP contribution in [0.25, 0.3) is 0 Å². The number of rotatable bonds is 0. The first-order valence-corrected chi connectivity index (χ1v) is 7.15. The second-order valence-corrected chi connectivity index (χ2v) is 7.51. The monoisotopic (exact) mass is 230 g/mol. The van der Waals surface area contributed by atoms with Crippen LogP contribution < -0.4 is 0 Å². The van der Waals surface area contributed by atoms with Crippen molar-refractivity contribution in [1.82, 2.24) is 0 Å². The molecule has 3 fully saturated rings. The van der Waals surface area contributed by atoms with Gasteiger partial charge in [-0.15, -0.1) is 23.5 Å². The molecule has 2 nitrogen and oxygen atoms in total. The summed E-state index contributed by atoms with van der Waals surface area (Å²) in [7, 11) is 0. The van der Waals surface area contributed by atoms with Crippen molar-refractivity contribution in [1.29, 1.82) is 0 Å². The van der Waals surface area contributed by atoms with Crippen LogP contribution in [0.1, 0.15) is 13.3 Å². The van der Waals surface area contributed by atoms with Crippen molar-refractivity contribution >= 4 is 29.5 Å². The van der Waals surface area contributed by atoms with E-state index in [1.54, 1.807) is 0 Å². The van der Waals surface area contributed by atoms with Gasteiger partial charge in [-0.05, 0) is 12.3 Å². The molecule has 0 aromatic rings. The molecule has 2 heterocycles. The highest BCUT2D eigenvalue weighted by Crippen LogP contribution is 2.62. The fourth-order valence-corrected chi connectivity index (χ4v) is 6.63. The summed E-state index contributed by atoms with van der Waals surface area (Å²) in [5.41, 5.74) is 0. The lowest BCUT2D eigenvalue weighted by Gasteiger charge is -2.28. The molecule has 0 amide bonds. The van der Waals surface area contributed by atoms with Gasteiger partial charge in [0.25, 0.3) is 0 Å². The molecule has 0 radical (unpaired) electrons. The highest BCUT2D eigenvalue weighted by Gasteiger charge is 2.58. The zero-order valence-corrected chi connectivity index (χ0v) is 9.83. The molecule has 2 aliphatic heterocycles. The Balaban J connectivity index is 1.89. The average molecular weight is 230 g/mol. The van der Waals surface area contributed by atoms with E-state index < -0.39 is 0 Å². The van der Waals surface area contributed by atoms with Crippen molar-refractivity contribution in [2.45, 2.75) is 17.4 Å². The molecule has 3 rings (SSSR count). The van der Waals surface area contributed by atoms with Crippen molar-refractivity contribution in [2.75, 3.05) is 18.1 Å². The Hall–Kier alpha value is 0.170. The molecule has 14 heavy (non-hydrogen) atoms. The number of carbonyl (C=O) groups is 1. The lowest BCUT2D eigenvalue weighted by atomic mass is 9.94. The maximum absolute atomic E-state index is 11.5. The van der Waals surface area contributed by atoms with E-state index >= 15 is 0 Å². The van der Waals surface area contributed by atoms with Gasteiger partial charge in [0.2, 0.25) is 0 Å².